The van der Waals surface area contributed by atoms with Crippen molar-refractivity contribution in [2.24, 2.45) is 0 Å². The fourth-order valence-electron chi connectivity index (χ4n) is 3.41. The van der Waals surface area contributed by atoms with Gasteiger partial charge in [-0.3, -0.25) is 4.79 Å². The molecule has 2 nitrogen and oxygen atoms in total. The summed E-state index contributed by atoms with van der Waals surface area (Å²) in [6, 6.07) is 24.5. The molecular weight excluding hydrogens is 326 g/mol. The Hall–Kier alpha value is -2.52. The van der Waals surface area contributed by atoms with E-state index in [2.05, 4.69) is 43.1 Å². The Balaban J connectivity index is 1.77. The van der Waals surface area contributed by atoms with Gasteiger partial charge in [0.05, 0.1) is 5.92 Å². The number of para-hydroxylation sites is 2. The second-order valence-electron chi connectivity index (χ2n) is 6.34. The van der Waals surface area contributed by atoms with Crippen LogP contribution < -0.4 is 4.90 Å². The van der Waals surface area contributed by atoms with E-state index in [0.717, 1.165) is 27.4 Å². The van der Waals surface area contributed by atoms with Gasteiger partial charge in [0.1, 0.15) is 0 Å². The predicted molar refractivity (Wildman–Crippen MR) is 105 cm³/mol. The van der Waals surface area contributed by atoms with E-state index in [1.54, 1.807) is 0 Å². The Morgan fingerprint density at radius 2 is 1.36 bits per heavy atom. The second-order valence-corrected chi connectivity index (χ2v) is 7.42. The first-order chi connectivity index (χ1) is 12.1. The van der Waals surface area contributed by atoms with E-state index in [0.29, 0.717) is 0 Å². The summed E-state index contributed by atoms with van der Waals surface area (Å²) in [5.74, 6) is -0.241. The van der Waals surface area contributed by atoms with Crippen molar-refractivity contribution in [3.63, 3.8) is 0 Å². The summed E-state index contributed by atoms with van der Waals surface area (Å²) >= 11 is 1.33. The maximum atomic E-state index is 13.2. The first kappa shape index (κ1) is 16.0. The summed E-state index contributed by atoms with van der Waals surface area (Å²) in [5.41, 5.74) is 5.56. The maximum absolute atomic E-state index is 13.2. The van der Waals surface area contributed by atoms with E-state index in [9.17, 15) is 4.79 Å². The Morgan fingerprint density at radius 1 is 0.840 bits per heavy atom. The fourth-order valence-corrected chi connectivity index (χ4v) is 4.28. The van der Waals surface area contributed by atoms with Crippen molar-refractivity contribution in [3.8, 4) is 0 Å². The van der Waals surface area contributed by atoms with Crippen LogP contribution in [0.4, 0.5) is 11.4 Å². The summed E-state index contributed by atoms with van der Waals surface area (Å²) in [4.78, 5) is 16.4. The van der Waals surface area contributed by atoms with Gasteiger partial charge in [0.15, 0.2) is 0 Å². The Kier molecular flexibility index (Phi) is 4.10. The van der Waals surface area contributed by atoms with Crippen LogP contribution in [0.2, 0.25) is 0 Å². The van der Waals surface area contributed by atoms with Crippen molar-refractivity contribution in [1.82, 2.24) is 0 Å². The van der Waals surface area contributed by atoms with Gasteiger partial charge in [0.2, 0.25) is 5.12 Å². The minimum absolute atomic E-state index is 0.164. The molecule has 1 heterocycles. The number of aryl methyl sites for hydroxylation is 1. The lowest BCUT2D eigenvalue weighted by Gasteiger charge is -2.34. The van der Waals surface area contributed by atoms with Gasteiger partial charge in [0.25, 0.3) is 0 Å². The zero-order valence-corrected chi connectivity index (χ0v) is 15.1. The third kappa shape index (κ3) is 2.85. The molecule has 0 bridgehead atoms. The summed E-state index contributed by atoms with van der Waals surface area (Å²) in [6.45, 7) is 2.06. The van der Waals surface area contributed by atoms with E-state index in [-0.39, 0.29) is 11.0 Å². The number of anilines is 2. The average Bonchev–Trinajstić information content (AvgIpc) is 2.64. The van der Waals surface area contributed by atoms with E-state index < -0.39 is 0 Å². The van der Waals surface area contributed by atoms with Gasteiger partial charge in [-0.25, -0.2) is 0 Å². The zero-order chi connectivity index (χ0) is 17.4. The predicted octanol–water partition coefficient (Wildman–Crippen LogP) is 5.53. The highest BCUT2D eigenvalue weighted by Crippen LogP contribution is 2.46. The van der Waals surface area contributed by atoms with Gasteiger partial charge in [-0.15, -0.1) is 0 Å². The lowest BCUT2D eigenvalue weighted by molar-refractivity contribution is -0.111. The van der Waals surface area contributed by atoms with Gasteiger partial charge in [-0.1, -0.05) is 65.9 Å². The molecule has 0 atom stereocenters. The summed E-state index contributed by atoms with van der Waals surface area (Å²) in [6.07, 6.45) is 0. The second kappa shape index (κ2) is 6.41. The summed E-state index contributed by atoms with van der Waals surface area (Å²) in [5, 5.41) is 0.164. The van der Waals surface area contributed by atoms with Crippen molar-refractivity contribution in [2.45, 2.75) is 17.7 Å². The van der Waals surface area contributed by atoms with E-state index in [1.807, 2.05) is 48.5 Å². The number of carbonyl (C=O) groups is 1. The van der Waals surface area contributed by atoms with Crippen LogP contribution in [0.3, 0.4) is 0 Å². The third-order valence-corrected chi connectivity index (χ3v) is 5.64. The third-order valence-electron chi connectivity index (χ3n) is 4.69. The minimum atomic E-state index is -0.241. The van der Waals surface area contributed by atoms with Gasteiger partial charge in [-0.05, 0) is 42.3 Å². The molecule has 0 saturated carbocycles. The average molecular weight is 345 g/mol. The number of benzene rings is 3. The molecule has 3 aromatic carbocycles. The molecule has 124 valence electrons. The minimum Gasteiger partial charge on any atom is -0.344 e. The highest BCUT2D eigenvalue weighted by Gasteiger charge is 2.33. The van der Waals surface area contributed by atoms with Crippen LogP contribution in [0.25, 0.3) is 0 Å². The number of hydrogen-bond acceptors (Lipinski definition) is 3. The van der Waals surface area contributed by atoms with Crippen LogP contribution in [0.15, 0.2) is 77.7 Å². The molecule has 0 fully saturated rings. The molecule has 25 heavy (non-hydrogen) atoms. The molecule has 0 aliphatic carbocycles. The van der Waals surface area contributed by atoms with Gasteiger partial charge >= 0.3 is 0 Å². The fraction of sp³-hybridized carbons (Fsp3) is 0.136. The summed E-state index contributed by atoms with van der Waals surface area (Å²) in [7, 11) is 2.06. The van der Waals surface area contributed by atoms with Crippen LogP contribution in [-0.2, 0) is 4.79 Å². The topological polar surface area (TPSA) is 20.3 Å². The first-order valence-electron chi connectivity index (χ1n) is 8.35. The van der Waals surface area contributed by atoms with Gasteiger partial charge in [-0.2, -0.15) is 0 Å². The molecular formula is C22H19NOS. The van der Waals surface area contributed by atoms with Crippen LogP contribution >= 0.6 is 11.8 Å². The van der Waals surface area contributed by atoms with Crippen LogP contribution in [0.1, 0.15) is 22.6 Å². The van der Waals surface area contributed by atoms with E-state index in [1.165, 1.54) is 17.3 Å². The van der Waals surface area contributed by atoms with E-state index >= 15 is 0 Å². The highest BCUT2D eigenvalue weighted by molar-refractivity contribution is 8.13. The molecule has 0 spiro atoms. The van der Waals surface area contributed by atoms with Gasteiger partial charge < -0.3 is 4.90 Å². The molecule has 0 unspecified atom stereocenters. The van der Waals surface area contributed by atoms with Crippen molar-refractivity contribution >= 4 is 28.3 Å². The molecule has 0 saturated heterocycles. The lowest BCUT2D eigenvalue weighted by atomic mass is 9.86. The monoisotopic (exact) mass is 345 g/mol. The Labute approximate surface area is 152 Å². The van der Waals surface area contributed by atoms with Crippen molar-refractivity contribution < 1.29 is 4.79 Å². The largest absolute Gasteiger partial charge is 0.344 e. The van der Waals surface area contributed by atoms with Gasteiger partial charge in [0, 0.05) is 23.3 Å². The number of hydrogen-bond donors (Lipinski definition) is 0. The standard InChI is InChI=1S/C22H19NOS/c1-15-11-13-16(14-12-15)25-22(24)21-17-7-3-5-9-19(17)23(2)20-10-6-4-8-18(20)21/h3-14,21H,1-2H3. The molecule has 4 rings (SSSR count). The number of carbonyl (C=O) groups excluding carboxylic acids is 1. The molecule has 1 aliphatic heterocycles. The molecule has 3 heteroatoms. The smallest absolute Gasteiger partial charge is 0.205 e. The van der Waals surface area contributed by atoms with Crippen LogP contribution in [-0.4, -0.2) is 12.2 Å². The van der Waals surface area contributed by atoms with Crippen LogP contribution in [0.5, 0.6) is 0 Å². The SMILES string of the molecule is Cc1ccc(SC(=O)C2c3ccccc3N(C)c3ccccc32)cc1. The zero-order valence-electron chi connectivity index (χ0n) is 14.3. The molecule has 3 aromatic rings. The van der Waals surface area contributed by atoms with E-state index in [4.69, 9.17) is 0 Å². The highest BCUT2D eigenvalue weighted by atomic mass is 32.2. The first-order valence-corrected chi connectivity index (χ1v) is 9.17. The van der Waals surface area contributed by atoms with Crippen molar-refractivity contribution in [3.05, 3.63) is 89.5 Å². The summed E-state index contributed by atoms with van der Waals surface area (Å²) < 4.78 is 0. The molecule has 0 aromatic heterocycles. The van der Waals surface area contributed by atoms with Crippen molar-refractivity contribution in [1.29, 1.82) is 0 Å². The number of nitrogens with zero attached hydrogens (tertiary/aromatic N) is 1. The Morgan fingerprint density at radius 3 is 1.92 bits per heavy atom. The molecule has 0 radical (unpaired) electrons. The maximum Gasteiger partial charge on any atom is 0.205 e. The lowest BCUT2D eigenvalue weighted by Crippen LogP contribution is -2.24. The van der Waals surface area contributed by atoms with Crippen LogP contribution in [0, 0.1) is 6.92 Å². The Bertz CT molecular complexity index is 885. The number of rotatable bonds is 2. The molecule has 0 N–H and O–H groups in total. The number of thioether (sulfide) groups is 1. The van der Waals surface area contributed by atoms with Crippen molar-refractivity contribution in [2.75, 3.05) is 11.9 Å². The molecule has 1 aliphatic rings. The molecule has 0 amide bonds. The normalized spacial score (nSPS) is 13.3. The quantitative estimate of drug-likeness (QED) is 0.570. The number of fused-ring (bicyclic) bond motifs is 2.